The number of rotatable bonds is 2. The fourth-order valence-corrected chi connectivity index (χ4v) is 3.87. The lowest BCUT2D eigenvalue weighted by Crippen LogP contribution is -2.47. The van der Waals surface area contributed by atoms with E-state index >= 15 is 0 Å². The van der Waals surface area contributed by atoms with E-state index in [4.69, 9.17) is 0 Å². The molecule has 2 aromatic rings. The highest BCUT2D eigenvalue weighted by atomic mass is 19.4. The van der Waals surface area contributed by atoms with E-state index in [1.165, 1.54) is 15.8 Å². The van der Waals surface area contributed by atoms with Crippen molar-refractivity contribution in [2.75, 3.05) is 16.8 Å². The van der Waals surface area contributed by atoms with Crippen LogP contribution in [-0.4, -0.2) is 45.4 Å². The first-order chi connectivity index (χ1) is 15.0. The number of aromatic nitrogens is 2. The molecule has 1 fully saturated rings. The number of urea groups is 1. The van der Waals surface area contributed by atoms with Crippen LogP contribution in [0.3, 0.4) is 0 Å². The lowest BCUT2D eigenvalue weighted by molar-refractivity contribution is -0.169. The van der Waals surface area contributed by atoms with Crippen molar-refractivity contribution in [1.82, 2.24) is 14.7 Å². The topological polar surface area (TPSA) is 70.5 Å². The third-order valence-corrected chi connectivity index (χ3v) is 5.59. The van der Waals surface area contributed by atoms with Crippen molar-refractivity contribution >= 4 is 23.3 Å². The fraction of sp³-hybridized carbons (Fsp3) is 0.421. The normalized spacial score (nSPS) is 21.2. The molecule has 0 spiro atoms. The molecule has 1 aromatic heterocycles. The van der Waals surface area contributed by atoms with E-state index in [0.29, 0.717) is 17.8 Å². The van der Waals surface area contributed by atoms with Crippen LogP contribution in [0.25, 0.3) is 0 Å². The molecule has 2 aliphatic rings. The summed E-state index contributed by atoms with van der Waals surface area (Å²) < 4.78 is 80.7. The molecule has 7 nitrogen and oxygen atoms in total. The number of hydrogen-bond acceptors (Lipinski definition) is 3. The molecule has 3 heterocycles. The lowest BCUT2D eigenvalue weighted by atomic mass is 10.1. The molecule has 172 valence electrons. The summed E-state index contributed by atoms with van der Waals surface area (Å²) in [6.45, 7) is 1.20. The van der Waals surface area contributed by atoms with Crippen molar-refractivity contribution in [3.05, 3.63) is 41.5 Å². The Morgan fingerprint density at radius 2 is 1.81 bits per heavy atom. The Kier molecular flexibility index (Phi) is 5.29. The summed E-state index contributed by atoms with van der Waals surface area (Å²) in [6, 6.07) is 0.0477. The second-order valence-electron chi connectivity index (χ2n) is 7.77. The maximum Gasteiger partial charge on any atom is 0.394 e. The first-order valence-corrected chi connectivity index (χ1v) is 9.59. The first-order valence-electron chi connectivity index (χ1n) is 9.59. The Morgan fingerprint density at radius 3 is 2.41 bits per heavy atom. The number of alkyl halides is 3. The predicted octanol–water partition coefficient (Wildman–Crippen LogP) is 3.65. The smallest absolute Gasteiger partial charge is 0.314 e. The molecule has 0 saturated carbocycles. The van der Waals surface area contributed by atoms with Crippen molar-refractivity contribution in [1.29, 1.82) is 0 Å². The number of amides is 3. The predicted molar refractivity (Wildman–Crippen MR) is 99.1 cm³/mol. The zero-order valence-corrected chi connectivity index (χ0v) is 16.6. The Bertz CT molecular complexity index is 1060. The molecule has 0 aliphatic carbocycles. The third-order valence-electron chi connectivity index (χ3n) is 5.59. The molecule has 1 aromatic carbocycles. The summed E-state index contributed by atoms with van der Waals surface area (Å²) in [5, 5.41) is 6.41. The monoisotopic (exact) mass is 461 g/mol. The summed E-state index contributed by atoms with van der Waals surface area (Å²) in [7, 11) is 0. The van der Waals surface area contributed by atoms with Gasteiger partial charge in [0.05, 0.1) is 42.6 Å². The van der Waals surface area contributed by atoms with E-state index in [-0.39, 0.29) is 24.5 Å². The molecule has 32 heavy (non-hydrogen) atoms. The Balaban J connectivity index is 1.55. The number of fused-ring (bicyclic) bond motifs is 1. The minimum atomic E-state index is -4.52. The van der Waals surface area contributed by atoms with E-state index < -0.39 is 60.5 Å². The Hall–Kier alpha value is -3.25. The van der Waals surface area contributed by atoms with Crippen LogP contribution >= 0.6 is 0 Å². The van der Waals surface area contributed by atoms with Crippen LogP contribution < -0.4 is 10.2 Å². The zero-order valence-electron chi connectivity index (χ0n) is 16.6. The molecule has 4 rings (SSSR count). The minimum Gasteiger partial charge on any atom is -0.314 e. The van der Waals surface area contributed by atoms with Gasteiger partial charge in [-0.15, -0.1) is 0 Å². The summed E-state index contributed by atoms with van der Waals surface area (Å²) in [6.07, 6.45) is -3.90. The van der Waals surface area contributed by atoms with Crippen LogP contribution in [-0.2, 0) is 17.9 Å². The number of hydrogen-bond donors (Lipinski definition) is 1. The maximum atomic E-state index is 13.4. The van der Waals surface area contributed by atoms with Gasteiger partial charge in [0, 0.05) is 30.8 Å². The van der Waals surface area contributed by atoms with Crippen LogP contribution in [0, 0.1) is 23.4 Å². The molecule has 0 radical (unpaired) electrons. The summed E-state index contributed by atoms with van der Waals surface area (Å²) in [5.74, 6) is -7.11. The fourth-order valence-electron chi connectivity index (χ4n) is 3.87. The molecule has 2 atom stereocenters. The Labute approximate surface area is 177 Å². The number of anilines is 2. The quantitative estimate of drug-likeness (QED) is 0.549. The van der Waals surface area contributed by atoms with Crippen molar-refractivity contribution in [2.24, 2.45) is 5.92 Å². The van der Waals surface area contributed by atoms with Crippen LogP contribution in [0.15, 0.2) is 18.3 Å². The number of benzene rings is 1. The molecular weight excluding hydrogens is 444 g/mol. The average molecular weight is 461 g/mol. The molecule has 1 unspecified atom stereocenters. The number of nitrogens with zero attached hydrogens (tertiary/aromatic N) is 4. The summed E-state index contributed by atoms with van der Waals surface area (Å²) >= 11 is 0. The number of halogens is 6. The molecule has 2 aliphatic heterocycles. The first kappa shape index (κ1) is 22.0. The van der Waals surface area contributed by atoms with E-state index in [2.05, 4.69) is 10.4 Å². The van der Waals surface area contributed by atoms with Gasteiger partial charge in [-0.25, -0.2) is 18.0 Å². The molecule has 1 saturated heterocycles. The largest absolute Gasteiger partial charge is 0.394 e. The van der Waals surface area contributed by atoms with Gasteiger partial charge in [0.1, 0.15) is 0 Å². The standard InChI is InChI=1S/C19H17F6N5O2/c1-9-6-30-15(14(5-26-30)29-7-10(2-16(29)31)19(23,24)25)8-28(9)18(32)27-11-3-12(20)17(22)13(21)4-11/h3-5,9-10H,2,6-8H2,1H3,(H,27,32)/t9-,10?/m0/s1. The summed E-state index contributed by atoms with van der Waals surface area (Å²) in [4.78, 5) is 27.2. The average Bonchev–Trinajstić information content (AvgIpc) is 3.27. The van der Waals surface area contributed by atoms with Crippen molar-refractivity contribution in [3.8, 4) is 0 Å². The van der Waals surface area contributed by atoms with Gasteiger partial charge >= 0.3 is 12.2 Å². The van der Waals surface area contributed by atoms with E-state index in [1.807, 2.05) is 0 Å². The van der Waals surface area contributed by atoms with Crippen molar-refractivity contribution in [3.63, 3.8) is 0 Å². The van der Waals surface area contributed by atoms with Gasteiger partial charge in [0.15, 0.2) is 17.5 Å². The van der Waals surface area contributed by atoms with Gasteiger partial charge in [0.25, 0.3) is 0 Å². The molecule has 3 amide bonds. The van der Waals surface area contributed by atoms with E-state index in [9.17, 15) is 35.9 Å². The van der Waals surface area contributed by atoms with E-state index in [0.717, 1.165) is 4.90 Å². The molecule has 0 bridgehead atoms. The summed E-state index contributed by atoms with van der Waals surface area (Å²) in [5.41, 5.74) is 0.219. The highest BCUT2D eigenvalue weighted by Crippen LogP contribution is 2.38. The molecule has 1 N–H and O–H groups in total. The van der Waals surface area contributed by atoms with Crippen LogP contribution in [0.5, 0.6) is 0 Å². The van der Waals surface area contributed by atoms with Gasteiger partial charge in [-0.2, -0.15) is 18.3 Å². The van der Waals surface area contributed by atoms with Gasteiger partial charge < -0.3 is 15.1 Å². The van der Waals surface area contributed by atoms with Crippen molar-refractivity contribution in [2.45, 2.75) is 38.7 Å². The van der Waals surface area contributed by atoms with Gasteiger partial charge in [-0.1, -0.05) is 0 Å². The highest BCUT2D eigenvalue weighted by molar-refractivity contribution is 5.96. The van der Waals surface area contributed by atoms with Crippen LogP contribution in [0.1, 0.15) is 19.0 Å². The number of carbonyl (C=O) groups is 2. The zero-order chi connectivity index (χ0) is 23.4. The highest BCUT2D eigenvalue weighted by Gasteiger charge is 2.48. The Morgan fingerprint density at radius 1 is 1.16 bits per heavy atom. The molecule has 13 heteroatoms. The van der Waals surface area contributed by atoms with E-state index in [1.54, 1.807) is 6.92 Å². The lowest BCUT2D eigenvalue weighted by Gasteiger charge is -2.35. The second kappa shape index (κ2) is 7.71. The van der Waals surface area contributed by atoms with Crippen molar-refractivity contribution < 1.29 is 35.9 Å². The second-order valence-corrected chi connectivity index (χ2v) is 7.77. The van der Waals surface area contributed by atoms with Gasteiger partial charge in [-0.3, -0.25) is 9.48 Å². The number of carbonyl (C=O) groups excluding carboxylic acids is 2. The minimum absolute atomic E-state index is 0.116. The van der Waals surface area contributed by atoms with Crippen LogP contribution in [0.4, 0.5) is 42.5 Å². The number of nitrogens with one attached hydrogen (secondary N) is 1. The SMILES string of the molecule is C[C@H]1Cn2ncc(N3CC(C(F)(F)F)CC3=O)c2CN1C(=O)Nc1cc(F)c(F)c(F)c1. The maximum absolute atomic E-state index is 13.4. The van der Waals surface area contributed by atoms with Crippen LogP contribution in [0.2, 0.25) is 0 Å². The van der Waals surface area contributed by atoms with Gasteiger partial charge in [0.2, 0.25) is 5.91 Å². The van der Waals surface area contributed by atoms with Gasteiger partial charge in [-0.05, 0) is 6.92 Å². The third kappa shape index (κ3) is 3.86. The molecular formula is C19H17F6N5O2.